The van der Waals surface area contributed by atoms with E-state index >= 15 is 0 Å². The van der Waals surface area contributed by atoms with Gasteiger partial charge < -0.3 is 10.6 Å². The summed E-state index contributed by atoms with van der Waals surface area (Å²) in [6, 6.07) is 6.56. The highest BCUT2D eigenvalue weighted by molar-refractivity contribution is 7.89. The molecule has 1 aliphatic rings. The Morgan fingerprint density at radius 1 is 1.44 bits per heavy atom. The molecule has 1 aromatic heterocycles. The largest absolute Gasteiger partial charge is 0.348 e. The summed E-state index contributed by atoms with van der Waals surface area (Å²) in [5, 5.41) is 13.9. The summed E-state index contributed by atoms with van der Waals surface area (Å²) in [5.41, 5.74) is 1.08. The first-order valence-corrected chi connectivity index (χ1v) is 10.1. The van der Waals surface area contributed by atoms with Crippen LogP contribution in [0.15, 0.2) is 36.5 Å². The molecule has 1 aromatic carbocycles. The smallest absolute Gasteiger partial charge is 0.239 e. The van der Waals surface area contributed by atoms with Crippen LogP contribution in [0, 0.1) is 11.2 Å². The van der Waals surface area contributed by atoms with Crippen molar-refractivity contribution in [3.63, 3.8) is 0 Å². The lowest BCUT2D eigenvalue weighted by Gasteiger charge is -2.32. The third-order valence-corrected chi connectivity index (χ3v) is 6.32. The SMILES string of the molecule is CN1C(=N)N[C@H](c2cc(NC(=S)c3ccc(Cl)cn3)ccc2F)CS1(=O)=O. The first-order valence-electron chi connectivity index (χ1n) is 7.71. The van der Waals surface area contributed by atoms with Crippen molar-refractivity contribution in [2.75, 3.05) is 18.1 Å². The third kappa shape index (κ3) is 4.18. The van der Waals surface area contributed by atoms with Gasteiger partial charge in [-0.2, -0.15) is 0 Å². The van der Waals surface area contributed by atoms with Crippen LogP contribution in [0.1, 0.15) is 17.3 Å². The maximum atomic E-state index is 14.3. The highest BCUT2D eigenvalue weighted by atomic mass is 35.5. The van der Waals surface area contributed by atoms with E-state index in [0.717, 1.165) is 4.31 Å². The van der Waals surface area contributed by atoms with Crippen molar-refractivity contribution in [2.45, 2.75) is 6.04 Å². The van der Waals surface area contributed by atoms with E-state index in [4.69, 9.17) is 29.2 Å². The Morgan fingerprint density at radius 2 is 2.19 bits per heavy atom. The molecule has 0 spiro atoms. The van der Waals surface area contributed by atoms with Crippen molar-refractivity contribution < 1.29 is 12.8 Å². The molecule has 2 aromatic rings. The van der Waals surface area contributed by atoms with E-state index < -0.39 is 21.9 Å². The monoisotopic (exact) mass is 427 g/mol. The number of nitrogens with one attached hydrogen (secondary N) is 3. The minimum absolute atomic E-state index is 0.119. The summed E-state index contributed by atoms with van der Waals surface area (Å²) >= 11 is 11.1. The Balaban J connectivity index is 1.85. The molecule has 1 saturated heterocycles. The third-order valence-electron chi connectivity index (χ3n) is 4.01. The van der Waals surface area contributed by atoms with E-state index in [0.29, 0.717) is 21.4 Å². The topological polar surface area (TPSA) is 98.2 Å². The summed E-state index contributed by atoms with van der Waals surface area (Å²) in [6.07, 6.45) is 1.46. The molecule has 142 valence electrons. The zero-order valence-corrected chi connectivity index (χ0v) is 16.4. The van der Waals surface area contributed by atoms with Crippen LogP contribution in [-0.4, -0.2) is 41.5 Å². The average Bonchev–Trinajstić information content (AvgIpc) is 2.61. The number of guanidine groups is 1. The molecule has 2 heterocycles. The van der Waals surface area contributed by atoms with Crippen molar-refractivity contribution in [1.82, 2.24) is 14.6 Å². The summed E-state index contributed by atoms with van der Waals surface area (Å²) in [6.45, 7) is 0. The Labute approximate surface area is 166 Å². The van der Waals surface area contributed by atoms with Crippen LogP contribution in [0.4, 0.5) is 10.1 Å². The van der Waals surface area contributed by atoms with Crippen LogP contribution >= 0.6 is 23.8 Å². The molecule has 11 heteroatoms. The maximum Gasteiger partial charge on any atom is 0.239 e. The molecular formula is C16H15ClFN5O2S2. The molecular weight excluding hydrogens is 413 g/mol. The predicted octanol–water partition coefficient (Wildman–Crippen LogP) is 2.50. The molecule has 1 atom stereocenters. The van der Waals surface area contributed by atoms with E-state index in [9.17, 15) is 12.8 Å². The lowest BCUT2D eigenvalue weighted by atomic mass is 10.1. The molecule has 0 bridgehead atoms. The molecule has 3 N–H and O–H groups in total. The average molecular weight is 428 g/mol. The van der Waals surface area contributed by atoms with E-state index in [1.54, 1.807) is 12.1 Å². The van der Waals surface area contributed by atoms with Gasteiger partial charge in [0.15, 0.2) is 0 Å². The van der Waals surface area contributed by atoms with Crippen molar-refractivity contribution in [3.8, 4) is 0 Å². The highest BCUT2D eigenvalue weighted by Gasteiger charge is 2.34. The number of halogens is 2. The number of pyridine rings is 1. The fraction of sp³-hybridized carbons (Fsp3) is 0.188. The number of nitrogens with zero attached hydrogens (tertiary/aromatic N) is 2. The zero-order valence-electron chi connectivity index (χ0n) is 14.0. The van der Waals surface area contributed by atoms with Gasteiger partial charge in [-0.3, -0.25) is 10.4 Å². The molecule has 7 nitrogen and oxygen atoms in total. The van der Waals surface area contributed by atoms with Crippen LogP contribution in [0.2, 0.25) is 5.02 Å². The van der Waals surface area contributed by atoms with Gasteiger partial charge in [0.1, 0.15) is 10.8 Å². The second kappa shape index (κ2) is 7.37. The standard InChI is InChI=1S/C16H15ClFN5O2S2/c1-23-16(19)22-14(8-27(23,24)25)11-6-10(3-4-12(11)18)21-15(26)13-5-2-9(17)7-20-13/h2-7,14H,8H2,1H3,(H2,19,22)(H,21,26)/t14-/m0/s1. The molecule has 0 amide bonds. The maximum absolute atomic E-state index is 14.3. The molecule has 1 aliphatic heterocycles. The van der Waals surface area contributed by atoms with E-state index in [1.807, 2.05) is 0 Å². The van der Waals surface area contributed by atoms with Gasteiger partial charge in [-0.1, -0.05) is 23.8 Å². The Kier molecular flexibility index (Phi) is 5.31. The number of hydrogen-bond donors (Lipinski definition) is 3. The number of sulfonamides is 1. The first kappa shape index (κ1) is 19.5. The number of thiocarbonyl (C=S) groups is 1. The Hall–Kier alpha value is -2.30. The Bertz CT molecular complexity index is 1010. The summed E-state index contributed by atoms with van der Waals surface area (Å²) < 4.78 is 39.4. The van der Waals surface area contributed by atoms with E-state index in [1.165, 1.54) is 31.4 Å². The fourth-order valence-corrected chi connectivity index (χ4v) is 4.11. The van der Waals surface area contributed by atoms with Crippen LogP contribution in [0.25, 0.3) is 0 Å². The normalized spacial score (nSPS) is 18.7. The summed E-state index contributed by atoms with van der Waals surface area (Å²) in [7, 11) is -2.43. The Morgan fingerprint density at radius 3 is 2.81 bits per heavy atom. The van der Waals surface area contributed by atoms with Crippen molar-refractivity contribution in [1.29, 1.82) is 5.41 Å². The van der Waals surface area contributed by atoms with E-state index in [2.05, 4.69) is 15.6 Å². The predicted molar refractivity (Wildman–Crippen MR) is 106 cm³/mol. The van der Waals surface area contributed by atoms with Crippen LogP contribution in [0.3, 0.4) is 0 Å². The van der Waals surface area contributed by atoms with Crippen LogP contribution in [0.5, 0.6) is 0 Å². The fourth-order valence-electron chi connectivity index (χ4n) is 2.52. The minimum atomic E-state index is -3.70. The van der Waals surface area contributed by atoms with E-state index in [-0.39, 0.29) is 17.3 Å². The summed E-state index contributed by atoms with van der Waals surface area (Å²) in [5.74, 6) is -1.26. The molecule has 1 fully saturated rings. The molecule has 27 heavy (non-hydrogen) atoms. The minimum Gasteiger partial charge on any atom is -0.348 e. The van der Waals surface area contributed by atoms with Gasteiger partial charge >= 0.3 is 0 Å². The molecule has 0 aliphatic carbocycles. The summed E-state index contributed by atoms with van der Waals surface area (Å²) in [4.78, 5) is 4.41. The molecule has 3 rings (SSSR count). The number of rotatable bonds is 3. The van der Waals surface area contributed by atoms with Crippen molar-refractivity contribution in [3.05, 3.63) is 58.6 Å². The quantitative estimate of drug-likeness (QED) is 0.651. The lowest BCUT2D eigenvalue weighted by Crippen LogP contribution is -2.52. The number of benzene rings is 1. The zero-order chi connectivity index (χ0) is 19.8. The van der Waals surface area contributed by atoms with Gasteiger partial charge in [0.05, 0.1) is 22.5 Å². The van der Waals surface area contributed by atoms with Crippen LogP contribution < -0.4 is 10.6 Å². The molecule has 0 radical (unpaired) electrons. The van der Waals surface area contributed by atoms with Gasteiger partial charge in [-0.05, 0) is 30.3 Å². The second-order valence-electron chi connectivity index (χ2n) is 5.84. The highest BCUT2D eigenvalue weighted by Crippen LogP contribution is 2.26. The van der Waals surface area contributed by atoms with Gasteiger partial charge in [-0.25, -0.2) is 17.1 Å². The van der Waals surface area contributed by atoms with Gasteiger partial charge in [-0.15, -0.1) is 0 Å². The van der Waals surface area contributed by atoms with Crippen molar-refractivity contribution in [2.24, 2.45) is 0 Å². The van der Waals surface area contributed by atoms with Gasteiger partial charge in [0, 0.05) is 24.5 Å². The van der Waals surface area contributed by atoms with Gasteiger partial charge in [0.25, 0.3) is 0 Å². The lowest BCUT2D eigenvalue weighted by molar-refractivity contribution is 0.496. The van der Waals surface area contributed by atoms with Crippen LogP contribution in [-0.2, 0) is 10.0 Å². The number of aromatic nitrogens is 1. The van der Waals surface area contributed by atoms with Gasteiger partial charge in [0.2, 0.25) is 16.0 Å². The number of anilines is 1. The van der Waals surface area contributed by atoms with Crippen molar-refractivity contribution >= 4 is 50.5 Å². The molecule has 0 unspecified atom stereocenters. The first-order chi connectivity index (χ1) is 12.7. The molecule has 0 saturated carbocycles. The number of hydrogen-bond acceptors (Lipinski definition) is 5. The second-order valence-corrected chi connectivity index (χ2v) is 8.73.